The van der Waals surface area contributed by atoms with E-state index in [0.29, 0.717) is 11.8 Å². The molecule has 3 nitrogen and oxygen atoms in total. The minimum absolute atomic E-state index is 0.307. The Bertz CT molecular complexity index is 347. The molecular formula is C12H20N2O. The molecule has 0 amide bonds. The molecule has 1 aliphatic carbocycles. The fourth-order valence-corrected chi connectivity index (χ4v) is 2.80. The average molecular weight is 208 g/mol. The van der Waals surface area contributed by atoms with Crippen molar-refractivity contribution in [1.82, 2.24) is 9.78 Å². The summed E-state index contributed by atoms with van der Waals surface area (Å²) in [6.07, 6.45) is 4.95. The summed E-state index contributed by atoms with van der Waals surface area (Å²) in [5.41, 5.74) is 0.282. The minimum atomic E-state index is -0.678. The Morgan fingerprint density at radius 2 is 2.27 bits per heavy atom. The molecule has 0 bridgehead atoms. The third-order valence-electron chi connectivity index (χ3n) is 4.09. The lowest BCUT2D eigenvalue weighted by atomic mass is 9.69. The Kier molecular flexibility index (Phi) is 2.59. The van der Waals surface area contributed by atoms with E-state index in [1.54, 1.807) is 10.9 Å². The number of nitrogens with zero attached hydrogens (tertiary/aromatic N) is 2. The van der Waals surface area contributed by atoms with Gasteiger partial charge in [-0.15, -0.1) is 0 Å². The topological polar surface area (TPSA) is 38.1 Å². The van der Waals surface area contributed by atoms with Gasteiger partial charge >= 0.3 is 0 Å². The van der Waals surface area contributed by atoms with E-state index in [4.69, 9.17) is 0 Å². The van der Waals surface area contributed by atoms with Crippen molar-refractivity contribution in [3.8, 4) is 0 Å². The van der Waals surface area contributed by atoms with Gasteiger partial charge in [-0.25, -0.2) is 0 Å². The summed E-state index contributed by atoms with van der Waals surface area (Å²) in [4.78, 5) is 0. The van der Waals surface area contributed by atoms with E-state index < -0.39 is 5.60 Å². The highest BCUT2D eigenvalue weighted by molar-refractivity contribution is 5.14. The van der Waals surface area contributed by atoms with Crippen molar-refractivity contribution in [2.24, 2.45) is 18.9 Å². The molecule has 1 heterocycles. The van der Waals surface area contributed by atoms with E-state index in [2.05, 4.69) is 18.9 Å². The fourth-order valence-electron chi connectivity index (χ4n) is 2.80. The van der Waals surface area contributed by atoms with Crippen molar-refractivity contribution in [1.29, 1.82) is 0 Å². The molecule has 1 N–H and O–H groups in total. The number of hydrogen-bond acceptors (Lipinski definition) is 2. The number of hydrogen-bond donors (Lipinski definition) is 1. The van der Waals surface area contributed by atoms with Crippen molar-refractivity contribution >= 4 is 0 Å². The lowest BCUT2D eigenvalue weighted by Crippen LogP contribution is -2.41. The summed E-state index contributed by atoms with van der Waals surface area (Å²) in [6, 6.07) is 1.94. The van der Waals surface area contributed by atoms with Crippen molar-refractivity contribution < 1.29 is 5.11 Å². The lowest BCUT2D eigenvalue weighted by molar-refractivity contribution is -0.0746. The predicted octanol–water partition coefficient (Wildman–Crippen LogP) is 2.06. The molecule has 3 unspecified atom stereocenters. The first-order valence-electron chi connectivity index (χ1n) is 5.76. The van der Waals surface area contributed by atoms with E-state index in [-0.39, 0.29) is 0 Å². The second-order valence-corrected chi connectivity index (χ2v) is 4.92. The molecule has 1 aromatic heterocycles. The van der Waals surface area contributed by atoms with Gasteiger partial charge in [-0.05, 0) is 30.7 Å². The molecule has 0 saturated heterocycles. The molecule has 2 rings (SSSR count). The Labute approximate surface area is 91.1 Å². The maximum Gasteiger partial charge on any atom is 0.109 e. The first kappa shape index (κ1) is 10.7. The van der Waals surface area contributed by atoms with Crippen LogP contribution in [0.3, 0.4) is 0 Å². The zero-order valence-electron chi connectivity index (χ0n) is 9.77. The Hall–Kier alpha value is -0.830. The molecule has 1 fully saturated rings. The maximum atomic E-state index is 10.8. The van der Waals surface area contributed by atoms with Gasteiger partial charge in [0.25, 0.3) is 0 Å². The second-order valence-electron chi connectivity index (χ2n) is 4.92. The molecule has 0 aromatic carbocycles. The zero-order chi connectivity index (χ0) is 11.1. The van der Waals surface area contributed by atoms with Gasteiger partial charge in [0.05, 0.1) is 5.69 Å². The highest BCUT2D eigenvalue weighted by Gasteiger charge is 2.42. The molecule has 84 valence electrons. The molecule has 3 atom stereocenters. The van der Waals surface area contributed by atoms with Crippen LogP contribution in [0.25, 0.3) is 0 Å². The molecule has 3 heteroatoms. The first-order chi connectivity index (χ1) is 7.05. The van der Waals surface area contributed by atoms with Gasteiger partial charge in [0.2, 0.25) is 0 Å². The number of rotatable bonds is 1. The van der Waals surface area contributed by atoms with Crippen LogP contribution >= 0.6 is 0 Å². The van der Waals surface area contributed by atoms with Gasteiger partial charge < -0.3 is 5.11 Å². The highest BCUT2D eigenvalue weighted by atomic mass is 16.3. The van der Waals surface area contributed by atoms with Crippen LogP contribution in [0.15, 0.2) is 12.3 Å². The molecule has 1 aromatic rings. The molecule has 0 radical (unpaired) electrons. The van der Waals surface area contributed by atoms with Crippen LogP contribution in [0, 0.1) is 11.8 Å². The standard InChI is InChI=1S/C12H20N2O/c1-9-5-4-7-12(15,10(9)2)11-6-8-13-14(11)3/h6,8-10,15H,4-5,7H2,1-3H3. The van der Waals surface area contributed by atoms with Crippen LogP contribution in [0.4, 0.5) is 0 Å². The summed E-state index contributed by atoms with van der Waals surface area (Å²) < 4.78 is 1.80. The normalized spacial score (nSPS) is 36.8. The molecule has 0 aliphatic heterocycles. The van der Waals surface area contributed by atoms with Gasteiger partial charge in [-0.2, -0.15) is 5.10 Å². The smallest absolute Gasteiger partial charge is 0.109 e. The van der Waals surface area contributed by atoms with Gasteiger partial charge in [-0.3, -0.25) is 4.68 Å². The van der Waals surface area contributed by atoms with E-state index in [0.717, 1.165) is 18.5 Å². The Morgan fingerprint density at radius 1 is 1.53 bits per heavy atom. The first-order valence-corrected chi connectivity index (χ1v) is 5.76. The maximum absolute atomic E-state index is 10.8. The summed E-state index contributed by atoms with van der Waals surface area (Å²) in [6.45, 7) is 4.38. The third-order valence-corrected chi connectivity index (χ3v) is 4.09. The van der Waals surface area contributed by atoms with Crippen LogP contribution in [0.1, 0.15) is 38.8 Å². The Balaban J connectivity index is 2.36. The number of aliphatic hydroxyl groups is 1. The molecule has 1 aliphatic rings. The van der Waals surface area contributed by atoms with Crippen LogP contribution < -0.4 is 0 Å². The van der Waals surface area contributed by atoms with Crippen LogP contribution in [-0.4, -0.2) is 14.9 Å². The summed E-state index contributed by atoms with van der Waals surface area (Å²) >= 11 is 0. The minimum Gasteiger partial charge on any atom is -0.383 e. The second kappa shape index (κ2) is 3.63. The largest absolute Gasteiger partial charge is 0.383 e. The number of aromatic nitrogens is 2. The molecule has 15 heavy (non-hydrogen) atoms. The third kappa shape index (κ3) is 1.59. The SMILES string of the molecule is CC1CCCC(O)(c2ccnn2C)C1C. The summed E-state index contributed by atoms with van der Waals surface area (Å²) in [5, 5.41) is 14.9. The van der Waals surface area contributed by atoms with E-state index in [1.165, 1.54) is 6.42 Å². The van der Waals surface area contributed by atoms with Crippen molar-refractivity contribution in [3.05, 3.63) is 18.0 Å². The quantitative estimate of drug-likeness (QED) is 0.767. The summed E-state index contributed by atoms with van der Waals surface area (Å²) in [5.74, 6) is 0.889. The van der Waals surface area contributed by atoms with Crippen molar-refractivity contribution in [2.45, 2.75) is 38.7 Å². The molecular weight excluding hydrogens is 188 g/mol. The summed E-state index contributed by atoms with van der Waals surface area (Å²) in [7, 11) is 1.90. The number of aryl methyl sites for hydroxylation is 1. The van der Waals surface area contributed by atoms with E-state index in [1.807, 2.05) is 13.1 Å². The Morgan fingerprint density at radius 3 is 2.87 bits per heavy atom. The van der Waals surface area contributed by atoms with Gasteiger partial charge in [-0.1, -0.05) is 20.3 Å². The van der Waals surface area contributed by atoms with Gasteiger partial charge in [0.15, 0.2) is 0 Å². The van der Waals surface area contributed by atoms with Crippen LogP contribution in [0.2, 0.25) is 0 Å². The van der Waals surface area contributed by atoms with Gasteiger partial charge in [0.1, 0.15) is 5.60 Å². The van der Waals surface area contributed by atoms with Crippen molar-refractivity contribution in [2.75, 3.05) is 0 Å². The lowest BCUT2D eigenvalue weighted by Gasteiger charge is -2.41. The predicted molar refractivity (Wildman–Crippen MR) is 59.3 cm³/mol. The monoisotopic (exact) mass is 208 g/mol. The van der Waals surface area contributed by atoms with Crippen LogP contribution in [0.5, 0.6) is 0 Å². The van der Waals surface area contributed by atoms with E-state index in [9.17, 15) is 5.11 Å². The average Bonchev–Trinajstić information content (AvgIpc) is 2.61. The van der Waals surface area contributed by atoms with E-state index >= 15 is 0 Å². The van der Waals surface area contributed by atoms with Gasteiger partial charge in [0, 0.05) is 13.2 Å². The molecule has 0 spiro atoms. The zero-order valence-corrected chi connectivity index (χ0v) is 9.77. The highest BCUT2D eigenvalue weighted by Crippen LogP contribution is 2.43. The molecule has 1 saturated carbocycles. The fraction of sp³-hybridized carbons (Fsp3) is 0.750. The van der Waals surface area contributed by atoms with Crippen molar-refractivity contribution in [3.63, 3.8) is 0 Å². The van der Waals surface area contributed by atoms with Crippen LogP contribution in [-0.2, 0) is 12.6 Å².